The van der Waals surface area contributed by atoms with E-state index < -0.39 is 10.0 Å². The van der Waals surface area contributed by atoms with Gasteiger partial charge in [0.15, 0.2) is 6.23 Å². The molecule has 29 heavy (non-hydrogen) atoms. The molecule has 2 aromatic heterocycles. The molecule has 0 aliphatic carbocycles. The lowest BCUT2D eigenvalue weighted by atomic mass is 10.2. The van der Waals surface area contributed by atoms with Crippen LogP contribution in [0.4, 0.5) is 0 Å². The van der Waals surface area contributed by atoms with Crippen LogP contribution in [-0.4, -0.2) is 49.2 Å². The molecule has 9 heteroatoms. The highest BCUT2D eigenvalue weighted by Gasteiger charge is 2.19. The lowest BCUT2D eigenvalue weighted by Crippen LogP contribution is -2.22. The molecule has 1 fully saturated rings. The third-order valence-electron chi connectivity index (χ3n) is 4.80. The third kappa shape index (κ3) is 7.09. The average Bonchev–Trinajstić information content (AvgIpc) is 3.20. The van der Waals surface area contributed by atoms with Crippen molar-refractivity contribution in [1.29, 1.82) is 0 Å². The monoisotopic (exact) mass is 422 g/mol. The van der Waals surface area contributed by atoms with Crippen LogP contribution in [0.3, 0.4) is 0 Å². The highest BCUT2D eigenvalue weighted by atomic mass is 32.2. The molecule has 3 heterocycles. The van der Waals surface area contributed by atoms with Gasteiger partial charge >= 0.3 is 0 Å². The average molecular weight is 423 g/mol. The maximum atomic E-state index is 11.0. The van der Waals surface area contributed by atoms with E-state index in [-0.39, 0.29) is 6.23 Å². The van der Waals surface area contributed by atoms with E-state index in [1.165, 1.54) is 6.26 Å². The minimum absolute atomic E-state index is 0.0147. The van der Waals surface area contributed by atoms with Crippen molar-refractivity contribution >= 4 is 10.0 Å². The fourth-order valence-electron chi connectivity index (χ4n) is 3.31. The SMILES string of the molecule is CS(=O)(=O)NCCCCCCOc1ccc(-c2ccnn2C2CCCCO2)nc1. The fraction of sp³-hybridized carbons (Fsp3) is 0.600. The molecule has 1 atom stereocenters. The molecule has 1 saturated heterocycles. The van der Waals surface area contributed by atoms with Crippen molar-refractivity contribution < 1.29 is 17.9 Å². The second-order valence-corrected chi connectivity index (χ2v) is 9.12. The Labute approximate surface area is 172 Å². The number of rotatable bonds is 11. The lowest BCUT2D eigenvalue weighted by molar-refractivity contribution is -0.0384. The molecule has 0 amide bonds. The highest BCUT2D eigenvalue weighted by molar-refractivity contribution is 7.88. The first-order valence-electron chi connectivity index (χ1n) is 10.2. The first-order valence-corrected chi connectivity index (χ1v) is 12.1. The first-order chi connectivity index (χ1) is 14.0. The summed E-state index contributed by atoms with van der Waals surface area (Å²) in [7, 11) is -3.08. The topological polar surface area (TPSA) is 95.3 Å². The van der Waals surface area contributed by atoms with E-state index in [9.17, 15) is 8.42 Å². The second-order valence-electron chi connectivity index (χ2n) is 7.29. The highest BCUT2D eigenvalue weighted by Crippen LogP contribution is 2.27. The molecule has 0 aromatic carbocycles. The molecule has 1 N–H and O–H groups in total. The molecule has 0 bridgehead atoms. The Balaban J connectivity index is 1.40. The number of nitrogens with one attached hydrogen (secondary N) is 1. The van der Waals surface area contributed by atoms with Crippen LogP contribution in [0.2, 0.25) is 0 Å². The Morgan fingerprint density at radius 1 is 1.21 bits per heavy atom. The van der Waals surface area contributed by atoms with Gasteiger partial charge in [-0.3, -0.25) is 4.98 Å². The molecule has 0 saturated carbocycles. The summed E-state index contributed by atoms with van der Waals surface area (Å²) in [5.41, 5.74) is 1.80. The standard InChI is InChI=1S/C20H30N4O4S/c1-29(25,26)23-12-5-2-3-6-14-27-17-9-10-18(21-16-17)19-11-13-22-24(19)20-8-4-7-15-28-20/h9-11,13,16,20,23H,2-8,12,14-15H2,1H3. The van der Waals surface area contributed by atoms with Crippen LogP contribution in [0.1, 0.15) is 51.2 Å². The van der Waals surface area contributed by atoms with Gasteiger partial charge in [-0.1, -0.05) is 12.8 Å². The van der Waals surface area contributed by atoms with Crippen LogP contribution >= 0.6 is 0 Å². The van der Waals surface area contributed by atoms with E-state index in [2.05, 4.69) is 14.8 Å². The van der Waals surface area contributed by atoms with Crippen LogP contribution in [0.5, 0.6) is 5.75 Å². The molecular weight excluding hydrogens is 392 g/mol. The molecule has 0 radical (unpaired) electrons. The van der Waals surface area contributed by atoms with Crippen molar-refractivity contribution in [2.24, 2.45) is 0 Å². The summed E-state index contributed by atoms with van der Waals surface area (Å²) in [4.78, 5) is 4.53. The number of hydrogen-bond acceptors (Lipinski definition) is 6. The molecule has 2 aromatic rings. The number of hydrogen-bond donors (Lipinski definition) is 1. The zero-order valence-corrected chi connectivity index (χ0v) is 17.7. The maximum absolute atomic E-state index is 11.0. The summed E-state index contributed by atoms with van der Waals surface area (Å²) < 4.78 is 38.0. The molecule has 0 spiro atoms. The Morgan fingerprint density at radius 3 is 2.79 bits per heavy atom. The van der Waals surface area contributed by atoms with Gasteiger partial charge in [0.05, 0.1) is 30.4 Å². The normalized spacial score (nSPS) is 17.3. The summed E-state index contributed by atoms with van der Waals surface area (Å²) in [6.07, 6.45) is 11.6. The predicted molar refractivity (Wildman–Crippen MR) is 111 cm³/mol. The Kier molecular flexibility index (Phi) is 8.02. The van der Waals surface area contributed by atoms with Crippen LogP contribution in [0.15, 0.2) is 30.6 Å². The minimum Gasteiger partial charge on any atom is -0.492 e. The van der Waals surface area contributed by atoms with Crippen molar-refractivity contribution in [3.05, 3.63) is 30.6 Å². The van der Waals surface area contributed by atoms with Crippen molar-refractivity contribution in [2.45, 2.75) is 51.2 Å². The minimum atomic E-state index is -3.08. The number of unbranched alkanes of at least 4 members (excludes halogenated alkanes) is 3. The summed E-state index contributed by atoms with van der Waals surface area (Å²) >= 11 is 0. The van der Waals surface area contributed by atoms with Crippen LogP contribution < -0.4 is 9.46 Å². The summed E-state index contributed by atoms with van der Waals surface area (Å²) in [6, 6.07) is 5.83. The largest absolute Gasteiger partial charge is 0.492 e. The lowest BCUT2D eigenvalue weighted by Gasteiger charge is -2.24. The van der Waals surface area contributed by atoms with Gasteiger partial charge in [-0.05, 0) is 50.3 Å². The number of nitrogens with zero attached hydrogens (tertiary/aromatic N) is 3. The van der Waals surface area contributed by atoms with Crippen LogP contribution in [0.25, 0.3) is 11.4 Å². The molecular formula is C20H30N4O4S. The van der Waals surface area contributed by atoms with Gasteiger partial charge < -0.3 is 9.47 Å². The van der Waals surface area contributed by atoms with Gasteiger partial charge in [0.1, 0.15) is 5.75 Å². The van der Waals surface area contributed by atoms with E-state index in [1.54, 1.807) is 12.4 Å². The zero-order valence-electron chi connectivity index (χ0n) is 16.9. The number of pyridine rings is 1. The van der Waals surface area contributed by atoms with Crippen molar-refractivity contribution in [2.75, 3.05) is 26.0 Å². The first kappa shape index (κ1) is 21.7. The smallest absolute Gasteiger partial charge is 0.208 e. The Bertz CT molecular complexity index is 846. The predicted octanol–water partition coefficient (Wildman–Crippen LogP) is 3.13. The summed E-state index contributed by atoms with van der Waals surface area (Å²) in [5, 5.41) is 4.43. The Morgan fingerprint density at radius 2 is 2.07 bits per heavy atom. The second kappa shape index (κ2) is 10.7. The molecule has 1 unspecified atom stereocenters. The van der Waals surface area contributed by atoms with Crippen LogP contribution in [0, 0.1) is 0 Å². The van der Waals surface area contributed by atoms with E-state index >= 15 is 0 Å². The number of ether oxygens (including phenoxy) is 2. The van der Waals surface area contributed by atoms with Crippen molar-refractivity contribution in [1.82, 2.24) is 19.5 Å². The van der Waals surface area contributed by atoms with E-state index in [0.717, 1.165) is 68.7 Å². The van der Waals surface area contributed by atoms with Crippen LogP contribution in [-0.2, 0) is 14.8 Å². The Hall–Kier alpha value is -1.97. The maximum Gasteiger partial charge on any atom is 0.208 e. The molecule has 3 rings (SSSR count). The molecule has 1 aliphatic rings. The van der Waals surface area contributed by atoms with E-state index in [0.29, 0.717) is 13.2 Å². The van der Waals surface area contributed by atoms with Gasteiger partial charge in [-0.2, -0.15) is 5.10 Å². The van der Waals surface area contributed by atoms with E-state index in [4.69, 9.17) is 9.47 Å². The molecule has 8 nitrogen and oxygen atoms in total. The van der Waals surface area contributed by atoms with Gasteiger partial charge in [-0.15, -0.1) is 0 Å². The van der Waals surface area contributed by atoms with Gasteiger partial charge in [0.25, 0.3) is 0 Å². The van der Waals surface area contributed by atoms with Gasteiger partial charge in [0, 0.05) is 19.3 Å². The van der Waals surface area contributed by atoms with Crippen molar-refractivity contribution in [3.63, 3.8) is 0 Å². The molecule has 1 aliphatic heterocycles. The quantitative estimate of drug-likeness (QED) is 0.559. The number of sulfonamides is 1. The summed E-state index contributed by atoms with van der Waals surface area (Å²) in [5.74, 6) is 0.743. The number of aromatic nitrogens is 3. The zero-order chi connectivity index (χ0) is 20.5. The van der Waals surface area contributed by atoms with Crippen molar-refractivity contribution in [3.8, 4) is 17.1 Å². The fourth-order valence-corrected chi connectivity index (χ4v) is 3.82. The van der Waals surface area contributed by atoms with E-state index in [1.807, 2.05) is 22.9 Å². The van der Waals surface area contributed by atoms with Gasteiger partial charge in [-0.25, -0.2) is 17.8 Å². The summed E-state index contributed by atoms with van der Waals surface area (Å²) in [6.45, 7) is 1.89. The molecule has 160 valence electrons. The van der Waals surface area contributed by atoms with Gasteiger partial charge in [0.2, 0.25) is 10.0 Å². The third-order valence-corrected chi connectivity index (χ3v) is 5.53.